The Morgan fingerprint density at radius 1 is 1.31 bits per heavy atom. The van der Waals surface area contributed by atoms with E-state index in [1.54, 1.807) is 11.9 Å². The quantitative estimate of drug-likeness (QED) is 0.757. The number of carbonyl (C=O) groups excluding carboxylic acids is 1. The van der Waals surface area contributed by atoms with Crippen LogP contribution in [0.3, 0.4) is 0 Å². The number of nitrogens with one attached hydrogen (secondary N) is 1. The monoisotopic (exact) mass is 378 g/mol. The molecule has 2 N–H and O–H groups in total. The first-order valence-electron chi connectivity index (χ1n) is 7.94. The molecule has 0 bridgehead atoms. The normalized spacial score (nSPS) is 10.4. The molecule has 8 nitrogen and oxygen atoms in total. The molecular formula is C17H19ClN4O4. The standard InChI is InChI=1S/C17H19ClN4O4/c1-3-8-19-14(23)10-21(2)13-9-20-22(16(24)15(13)18)12-6-4-11(5-7-12)17(25)26/h4-7,9H,3,8,10H2,1-2H3,(H,19,23)(H,25,26). The van der Waals surface area contributed by atoms with Crippen LogP contribution in [0.2, 0.25) is 5.02 Å². The van der Waals surface area contributed by atoms with Crippen LogP contribution in [0, 0.1) is 0 Å². The topological polar surface area (TPSA) is 105 Å². The maximum absolute atomic E-state index is 12.5. The van der Waals surface area contributed by atoms with E-state index < -0.39 is 11.5 Å². The van der Waals surface area contributed by atoms with E-state index in [1.807, 2.05) is 6.92 Å². The number of hydrogen-bond donors (Lipinski definition) is 2. The number of carbonyl (C=O) groups is 2. The summed E-state index contributed by atoms with van der Waals surface area (Å²) in [7, 11) is 1.64. The molecule has 1 aromatic carbocycles. The predicted octanol–water partition coefficient (Wildman–Crippen LogP) is 1.55. The fourth-order valence-electron chi connectivity index (χ4n) is 2.24. The number of aromatic nitrogens is 2. The van der Waals surface area contributed by atoms with Crippen LogP contribution in [-0.2, 0) is 4.79 Å². The lowest BCUT2D eigenvalue weighted by atomic mass is 10.2. The molecule has 0 radical (unpaired) electrons. The summed E-state index contributed by atoms with van der Waals surface area (Å²) in [5.74, 6) is -1.24. The highest BCUT2D eigenvalue weighted by molar-refractivity contribution is 6.33. The number of benzene rings is 1. The number of rotatable bonds is 7. The van der Waals surface area contributed by atoms with Gasteiger partial charge in [-0.2, -0.15) is 9.78 Å². The van der Waals surface area contributed by atoms with Gasteiger partial charge in [0.2, 0.25) is 5.91 Å². The minimum Gasteiger partial charge on any atom is -0.478 e. The molecule has 0 unspecified atom stereocenters. The third-order valence-electron chi connectivity index (χ3n) is 3.62. The Labute approximate surface area is 155 Å². The summed E-state index contributed by atoms with van der Waals surface area (Å²) in [6.07, 6.45) is 2.22. The van der Waals surface area contributed by atoms with E-state index in [4.69, 9.17) is 16.7 Å². The number of amides is 1. The van der Waals surface area contributed by atoms with Gasteiger partial charge in [-0.05, 0) is 30.7 Å². The predicted molar refractivity (Wildman–Crippen MR) is 98.4 cm³/mol. The third-order valence-corrected chi connectivity index (χ3v) is 3.98. The second kappa shape index (κ2) is 8.48. The van der Waals surface area contributed by atoms with Crippen LogP contribution in [0.25, 0.3) is 5.69 Å². The molecule has 2 aromatic rings. The Hall–Kier alpha value is -2.87. The average molecular weight is 379 g/mol. The van der Waals surface area contributed by atoms with E-state index in [2.05, 4.69) is 10.4 Å². The Morgan fingerprint density at radius 2 is 1.96 bits per heavy atom. The highest BCUT2D eigenvalue weighted by Gasteiger charge is 2.16. The summed E-state index contributed by atoms with van der Waals surface area (Å²) in [4.78, 5) is 36.7. The largest absolute Gasteiger partial charge is 0.478 e. The molecule has 0 aliphatic rings. The molecule has 1 aromatic heterocycles. The van der Waals surface area contributed by atoms with Crippen molar-refractivity contribution in [1.29, 1.82) is 0 Å². The van der Waals surface area contributed by atoms with Gasteiger partial charge in [0.1, 0.15) is 5.02 Å². The van der Waals surface area contributed by atoms with Crippen LogP contribution in [0.15, 0.2) is 35.3 Å². The van der Waals surface area contributed by atoms with Crippen molar-refractivity contribution in [2.75, 3.05) is 25.0 Å². The number of carboxylic acids is 1. The van der Waals surface area contributed by atoms with Crippen molar-refractivity contribution in [3.8, 4) is 5.69 Å². The van der Waals surface area contributed by atoms with Gasteiger partial charge in [0, 0.05) is 13.6 Å². The highest BCUT2D eigenvalue weighted by atomic mass is 35.5. The van der Waals surface area contributed by atoms with Gasteiger partial charge in [0.05, 0.1) is 29.7 Å². The number of anilines is 1. The fraction of sp³-hybridized carbons (Fsp3) is 0.294. The Kier molecular flexibility index (Phi) is 6.35. The fourth-order valence-corrected chi connectivity index (χ4v) is 2.51. The van der Waals surface area contributed by atoms with Crippen molar-refractivity contribution in [3.05, 3.63) is 51.4 Å². The number of likely N-dealkylation sites (N-methyl/N-ethyl adjacent to an activating group) is 1. The molecule has 26 heavy (non-hydrogen) atoms. The van der Waals surface area contributed by atoms with Crippen molar-refractivity contribution in [1.82, 2.24) is 15.1 Å². The molecule has 1 heterocycles. The van der Waals surface area contributed by atoms with E-state index in [1.165, 1.54) is 30.5 Å². The Morgan fingerprint density at radius 3 is 2.54 bits per heavy atom. The summed E-state index contributed by atoms with van der Waals surface area (Å²) in [6, 6.07) is 5.68. The van der Waals surface area contributed by atoms with Crippen LogP contribution in [0.5, 0.6) is 0 Å². The molecule has 0 fully saturated rings. The number of nitrogens with zero attached hydrogens (tertiary/aromatic N) is 3. The Bertz CT molecular complexity index is 864. The molecule has 0 saturated carbocycles. The van der Waals surface area contributed by atoms with Gasteiger partial charge in [-0.25, -0.2) is 4.79 Å². The van der Waals surface area contributed by atoms with E-state index in [0.29, 0.717) is 17.9 Å². The number of carboxylic acid groups (broad SMARTS) is 1. The lowest BCUT2D eigenvalue weighted by Crippen LogP contribution is -2.36. The van der Waals surface area contributed by atoms with E-state index in [-0.39, 0.29) is 23.0 Å². The smallest absolute Gasteiger partial charge is 0.335 e. The molecule has 0 atom stereocenters. The van der Waals surface area contributed by atoms with Gasteiger partial charge in [-0.15, -0.1) is 0 Å². The molecular weight excluding hydrogens is 360 g/mol. The van der Waals surface area contributed by atoms with Gasteiger partial charge in [0.25, 0.3) is 5.56 Å². The van der Waals surface area contributed by atoms with E-state index >= 15 is 0 Å². The van der Waals surface area contributed by atoms with Gasteiger partial charge in [-0.3, -0.25) is 9.59 Å². The van der Waals surface area contributed by atoms with Crippen molar-refractivity contribution in [2.24, 2.45) is 0 Å². The van der Waals surface area contributed by atoms with Crippen LogP contribution < -0.4 is 15.8 Å². The molecule has 138 valence electrons. The minimum absolute atomic E-state index is 0.0398. The van der Waals surface area contributed by atoms with Crippen molar-refractivity contribution in [3.63, 3.8) is 0 Å². The summed E-state index contributed by atoms with van der Waals surface area (Å²) in [5, 5.41) is 15.7. The van der Waals surface area contributed by atoms with Crippen LogP contribution >= 0.6 is 11.6 Å². The minimum atomic E-state index is -1.06. The van der Waals surface area contributed by atoms with Crippen LogP contribution in [-0.4, -0.2) is 46.9 Å². The zero-order chi connectivity index (χ0) is 19.3. The number of aromatic carboxylic acids is 1. The maximum Gasteiger partial charge on any atom is 0.335 e. The van der Waals surface area contributed by atoms with Gasteiger partial charge < -0.3 is 15.3 Å². The first-order chi connectivity index (χ1) is 12.3. The second-order valence-electron chi connectivity index (χ2n) is 5.62. The molecule has 1 amide bonds. The van der Waals surface area contributed by atoms with E-state index in [9.17, 15) is 14.4 Å². The summed E-state index contributed by atoms with van der Waals surface area (Å²) in [6.45, 7) is 2.57. The molecule has 0 aliphatic carbocycles. The molecule has 0 saturated heterocycles. The molecule has 0 aliphatic heterocycles. The SMILES string of the molecule is CCCNC(=O)CN(C)c1cnn(-c2ccc(C(=O)O)cc2)c(=O)c1Cl. The first kappa shape index (κ1) is 19.5. The lowest BCUT2D eigenvalue weighted by molar-refractivity contribution is -0.119. The first-order valence-corrected chi connectivity index (χ1v) is 8.32. The van der Waals surface area contributed by atoms with Crippen molar-refractivity contribution >= 4 is 29.2 Å². The summed E-state index contributed by atoms with van der Waals surface area (Å²) >= 11 is 6.17. The maximum atomic E-state index is 12.5. The lowest BCUT2D eigenvalue weighted by Gasteiger charge is -2.20. The van der Waals surface area contributed by atoms with Crippen LogP contribution in [0.4, 0.5) is 5.69 Å². The Balaban J connectivity index is 2.26. The molecule has 9 heteroatoms. The number of halogens is 1. The van der Waals surface area contributed by atoms with E-state index in [0.717, 1.165) is 11.1 Å². The molecule has 2 rings (SSSR count). The van der Waals surface area contributed by atoms with Gasteiger partial charge >= 0.3 is 5.97 Å². The number of hydrogen-bond acceptors (Lipinski definition) is 5. The van der Waals surface area contributed by atoms with Crippen molar-refractivity contribution in [2.45, 2.75) is 13.3 Å². The van der Waals surface area contributed by atoms with Crippen LogP contribution in [0.1, 0.15) is 23.7 Å². The molecule has 0 spiro atoms. The van der Waals surface area contributed by atoms with Crippen molar-refractivity contribution < 1.29 is 14.7 Å². The zero-order valence-corrected chi connectivity index (χ0v) is 15.2. The average Bonchev–Trinajstić information content (AvgIpc) is 2.62. The third kappa shape index (κ3) is 4.40. The summed E-state index contributed by atoms with van der Waals surface area (Å²) < 4.78 is 1.07. The summed E-state index contributed by atoms with van der Waals surface area (Å²) in [5.41, 5.74) is 0.258. The van der Waals surface area contributed by atoms with Gasteiger partial charge in [-0.1, -0.05) is 18.5 Å². The van der Waals surface area contributed by atoms with Gasteiger partial charge in [0.15, 0.2) is 0 Å². The second-order valence-corrected chi connectivity index (χ2v) is 6.00. The zero-order valence-electron chi connectivity index (χ0n) is 14.4. The highest BCUT2D eigenvalue weighted by Crippen LogP contribution is 2.20.